The Hall–Kier alpha value is -2.10. The summed E-state index contributed by atoms with van der Waals surface area (Å²) in [6.07, 6.45) is 3.59. The molecular weight excluding hydrogens is 307 g/mol. The number of nitrogens with zero attached hydrogens (tertiary/aromatic N) is 2. The molecule has 0 saturated heterocycles. The van der Waals surface area contributed by atoms with Gasteiger partial charge in [-0.05, 0) is 35.9 Å². The van der Waals surface area contributed by atoms with Gasteiger partial charge < -0.3 is 4.42 Å². The molecule has 0 unspecified atom stereocenters. The van der Waals surface area contributed by atoms with Gasteiger partial charge in [-0.1, -0.05) is 47.5 Å². The molecule has 0 aliphatic carbocycles. The van der Waals surface area contributed by atoms with E-state index in [1.807, 2.05) is 48.5 Å². The van der Waals surface area contributed by atoms with Crippen LogP contribution in [0.4, 0.5) is 0 Å². The second kappa shape index (κ2) is 6.12. The number of hydrogen-bond donors (Lipinski definition) is 0. The molecule has 0 bridgehead atoms. The molecule has 0 atom stereocenters. The highest BCUT2D eigenvalue weighted by atomic mass is 35.5. The number of halogens is 2. The van der Waals surface area contributed by atoms with Crippen LogP contribution in [0.1, 0.15) is 11.5 Å². The number of benzene rings is 2. The van der Waals surface area contributed by atoms with Crippen LogP contribution in [0, 0.1) is 0 Å². The minimum atomic E-state index is 0.395. The van der Waals surface area contributed by atoms with Crippen LogP contribution in [0.15, 0.2) is 52.9 Å². The molecule has 104 valence electrons. The van der Waals surface area contributed by atoms with Gasteiger partial charge in [-0.15, -0.1) is 10.2 Å². The first-order chi connectivity index (χ1) is 10.2. The third kappa shape index (κ3) is 3.32. The summed E-state index contributed by atoms with van der Waals surface area (Å²) in [5, 5.41) is 9.23. The maximum Gasteiger partial charge on any atom is 0.249 e. The Morgan fingerprint density at radius 3 is 2.57 bits per heavy atom. The Morgan fingerprint density at radius 1 is 0.905 bits per heavy atom. The molecule has 0 N–H and O–H groups in total. The van der Waals surface area contributed by atoms with Gasteiger partial charge in [0.2, 0.25) is 11.8 Å². The fraction of sp³-hybridized carbons (Fsp3) is 0. The van der Waals surface area contributed by atoms with E-state index in [2.05, 4.69) is 10.2 Å². The molecule has 3 nitrogen and oxygen atoms in total. The minimum absolute atomic E-state index is 0.395. The average molecular weight is 317 g/mol. The van der Waals surface area contributed by atoms with E-state index < -0.39 is 0 Å². The molecule has 21 heavy (non-hydrogen) atoms. The smallest absolute Gasteiger partial charge is 0.249 e. The van der Waals surface area contributed by atoms with Crippen molar-refractivity contribution in [3.8, 4) is 11.5 Å². The fourth-order valence-electron chi connectivity index (χ4n) is 1.82. The van der Waals surface area contributed by atoms with Crippen LogP contribution in [0.25, 0.3) is 23.6 Å². The van der Waals surface area contributed by atoms with Crippen molar-refractivity contribution in [2.45, 2.75) is 0 Å². The van der Waals surface area contributed by atoms with E-state index in [0.29, 0.717) is 27.4 Å². The molecule has 2 aromatic carbocycles. The van der Waals surface area contributed by atoms with Crippen molar-refractivity contribution in [2.24, 2.45) is 0 Å². The first-order valence-corrected chi connectivity index (χ1v) is 7.00. The van der Waals surface area contributed by atoms with E-state index in [1.54, 1.807) is 12.1 Å². The lowest BCUT2D eigenvalue weighted by Crippen LogP contribution is -1.78. The number of rotatable bonds is 3. The van der Waals surface area contributed by atoms with E-state index in [0.717, 1.165) is 5.56 Å². The Bertz CT molecular complexity index is 796. The lowest BCUT2D eigenvalue weighted by molar-refractivity contribution is 0.558. The SMILES string of the molecule is Clc1cccc(/C=C/c2nnc(-c3ccccc3Cl)o2)c1. The highest BCUT2D eigenvalue weighted by Crippen LogP contribution is 2.26. The molecule has 3 rings (SSSR count). The second-order valence-electron chi connectivity index (χ2n) is 4.31. The van der Waals surface area contributed by atoms with E-state index in [1.165, 1.54) is 0 Å². The van der Waals surface area contributed by atoms with Crippen LogP contribution in [-0.2, 0) is 0 Å². The van der Waals surface area contributed by atoms with Crippen LogP contribution >= 0.6 is 23.2 Å². The monoisotopic (exact) mass is 316 g/mol. The van der Waals surface area contributed by atoms with E-state index >= 15 is 0 Å². The summed E-state index contributed by atoms with van der Waals surface area (Å²) in [6.45, 7) is 0. The van der Waals surface area contributed by atoms with Gasteiger partial charge in [-0.2, -0.15) is 0 Å². The van der Waals surface area contributed by atoms with Gasteiger partial charge in [-0.25, -0.2) is 0 Å². The molecule has 5 heteroatoms. The van der Waals surface area contributed by atoms with Gasteiger partial charge in [0, 0.05) is 11.1 Å². The summed E-state index contributed by atoms with van der Waals surface area (Å²) in [5.74, 6) is 0.802. The van der Waals surface area contributed by atoms with E-state index in [-0.39, 0.29) is 0 Å². The van der Waals surface area contributed by atoms with Gasteiger partial charge in [0.15, 0.2) is 0 Å². The second-order valence-corrected chi connectivity index (χ2v) is 5.16. The summed E-state index contributed by atoms with van der Waals surface area (Å²) in [4.78, 5) is 0. The van der Waals surface area contributed by atoms with Crippen LogP contribution < -0.4 is 0 Å². The quantitative estimate of drug-likeness (QED) is 0.665. The van der Waals surface area contributed by atoms with Gasteiger partial charge in [-0.3, -0.25) is 0 Å². The highest BCUT2D eigenvalue weighted by molar-refractivity contribution is 6.33. The Morgan fingerprint density at radius 2 is 1.76 bits per heavy atom. The summed E-state index contributed by atoms with van der Waals surface area (Å²) >= 11 is 12.0. The van der Waals surface area contributed by atoms with E-state index in [4.69, 9.17) is 27.6 Å². The topological polar surface area (TPSA) is 38.9 Å². The van der Waals surface area contributed by atoms with Crippen molar-refractivity contribution >= 4 is 35.4 Å². The van der Waals surface area contributed by atoms with Crippen LogP contribution in [-0.4, -0.2) is 10.2 Å². The van der Waals surface area contributed by atoms with Gasteiger partial charge in [0.1, 0.15) is 0 Å². The van der Waals surface area contributed by atoms with Crippen molar-refractivity contribution in [1.29, 1.82) is 0 Å². The lowest BCUT2D eigenvalue weighted by atomic mass is 10.2. The average Bonchev–Trinajstić information content (AvgIpc) is 2.94. The summed E-state index contributed by atoms with van der Waals surface area (Å²) in [6, 6.07) is 14.8. The lowest BCUT2D eigenvalue weighted by Gasteiger charge is -1.96. The Labute approximate surface area is 131 Å². The predicted molar refractivity (Wildman–Crippen MR) is 85.1 cm³/mol. The van der Waals surface area contributed by atoms with Crippen molar-refractivity contribution in [3.63, 3.8) is 0 Å². The minimum Gasteiger partial charge on any atom is -0.417 e. The van der Waals surface area contributed by atoms with Crippen LogP contribution in [0.3, 0.4) is 0 Å². The van der Waals surface area contributed by atoms with Crippen LogP contribution in [0.5, 0.6) is 0 Å². The largest absolute Gasteiger partial charge is 0.417 e. The van der Waals surface area contributed by atoms with Gasteiger partial charge in [0.25, 0.3) is 0 Å². The molecule has 0 spiro atoms. The van der Waals surface area contributed by atoms with Crippen molar-refractivity contribution in [1.82, 2.24) is 10.2 Å². The highest BCUT2D eigenvalue weighted by Gasteiger charge is 2.09. The molecule has 0 amide bonds. The van der Waals surface area contributed by atoms with E-state index in [9.17, 15) is 0 Å². The zero-order chi connectivity index (χ0) is 14.7. The summed E-state index contributed by atoms with van der Waals surface area (Å²) < 4.78 is 5.58. The molecule has 0 aliphatic heterocycles. The Balaban J connectivity index is 1.84. The maximum absolute atomic E-state index is 6.10. The first-order valence-electron chi connectivity index (χ1n) is 6.24. The maximum atomic E-state index is 6.10. The number of aromatic nitrogens is 2. The zero-order valence-corrected chi connectivity index (χ0v) is 12.3. The van der Waals surface area contributed by atoms with Gasteiger partial charge >= 0.3 is 0 Å². The molecular formula is C16H10Cl2N2O. The molecule has 0 aliphatic rings. The Kier molecular flexibility index (Phi) is 4.04. The van der Waals surface area contributed by atoms with Gasteiger partial charge in [0.05, 0.1) is 10.6 Å². The standard InChI is InChI=1S/C16H10Cl2N2O/c17-12-5-3-4-11(10-12)8-9-15-19-20-16(21-15)13-6-1-2-7-14(13)18/h1-10H/b9-8+. The van der Waals surface area contributed by atoms with Crippen molar-refractivity contribution < 1.29 is 4.42 Å². The predicted octanol–water partition coefficient (Wildman–Crippen LogP) is 5.21. The fourth-order valence-corrected chi connectivity index (χ4v) is 2.24. The normalized spacial score (nSPS) is 11.1. The molecule has 0 radical (unpaired) electrons. The molecule has 1 heterocycles. The molecule has 1 aromatic heterocycles. The first kappa shape index (κ1) is 13.9. The number of hydrogen-bond acceptors (Lipinski definition) is 3. The summed E-state index contributed by atoms with van der Waals surface area (Å²) in [7, 11) is 0. The summed E-state index contributed by atoms with van der Waals surface area (Å²) in [5.41, 5.74) is 1.68. The third-order valence-electron chi connectivity index (χ3n) is 2.81. The van der Waals surface area contributed by atoms with Crippen LogP contribution in [0.2, 0.25) is 10.0 Å². The molecule has 3 aromatic rings. The third-order valence-corrected chi connectivity index (χ3v) is 3.38. The zero-order valence-electron chi connectivity index (χ0n) is 10.8. The van der Waals surface area contributed by atoms with Crippen molar-refractivity contribution in [2.75, 3.05) is 0 Å². The van der Waals surface area contributed by atoms with Crippen molar-refractivity contribution in [3.05, 3.63) is 70.0 Å². The molecule has 0 fully saturated rings. The molecule has 0 saturated carbocycles.